The van der Waals surface area contributed by atoms with E-state index in [-0.39, 0.29) is 11.9 Å². The molecule has 2 aliphatic rings. The molecule has 2 aliphatic heterocycles. The molecule has 6 heteroatoms. The molecule has 0 radical (unpaired) electrons. The smallest absolute Gasteiger partial charge is 0.273 e. The number of rotatable bonds is 3. The SMILES string of the molecule is CC(C)N1Cc2c(nc(-c3ccccc3Cl)nc2N2CCCC2)C1=O. The van der Waals surface area contributed by atoms with Crippen LogP contribution < -0.4 is 4.90 Å². The van der Waals surface area contributed by atoms with Gasteiger partial charge < -0.3 is 9.80 Å². The minimum Gasteiger partial charge on any atom is -0.356 e. The first kappa shape index (κ1) is 16.3. The van der Waals surface area contributed by atoms with Gasteiger partial charge in [0.05, 0.1) is 11.6 Å². The number of hydrogen-bond acceptors (Lipinski definition) is 4. The van der Waals surface area contributed by atoms with Gasteiger partial charge in [0.1, 0.15) is 11.5 Å². The van der Waals surface area contributed by atoms with Gasteiger partial charge in [0.25, 0.3) is 5.91 Å². The number of fused-ring (bicyclic) bond motifs is 1. The van der Waals surface area contributed by atoms with Crippen LogP contribution >= 0.6 is 11.6 Å². The highest BCUT2D eigenvalue weighted by molar-refractivity contribution is 6.33. The molecule has 1 fully saturated rings. The number of aromatic nitrogens is 2. The third kappa shape index (κ3) is 2.76. The van der Waals surface area contributed by atoms with Gasteiger partial charge in [0.15, 0.2) is 5.82 Å². The van der Waals surface area contributed by atoms with Crippen LogP contribution in [0.2, 0.25) is 5.02 Å². The molecule has 0 saturated carbocycles. The number of benzene rings is 1. The Hall–Kier alpha value is -2.14. The van der Waals surface area contributed by atoms with Crippen molar-refractivity contribution in [2.45, 2.75) is 39.3 Å². The second-order valence-electron chi connectivity index (χ2n) is 6.90. The third-order valence-electron chi connectivity index (χ3n) is 4.92. The number of anilines is 1. The number of carbonyl (C=O) groups excluding carboxylic acids is 1. The van der Waals surface area contributed by atoms with Crippen LogP contribution in [0.15, 0.2) is 24.3 Å². The largest absolute Gasteiger partial charge is 0.356 e. The van der Waals surface area contributed by atoms with Gasteiger partial charge in [-0.05, 0) is 38.8 Å². The Morgan fingerprint density at radius 2 is 1.84 bits per heavy atom. The highest BCUT2D eigenvalue weighted by atomic mass is 35.5. The zero-order chi connectivity index (χ0) is 17.6. The Morgan fingerprint density at radius 1 is 1.12 bits per heavy atom. The van der Waals surface area contributed by atoms with Crippen LogP contribution in [0, 0.1) is 0 Å². The molecule has 5 nitrogen and oxygen atoms in total. The first-order chi connectivity index (χ1) is 12.1. The molecule has 0 unspecified atom stereocenters. The van der Waals surface area contributed by atoms with Crippen LogP contribution in [-0.4, -0.2) is 39.9 Å². The summed E-state index contributed by atoms with van der Waals surface area (Å²) in [6, 6.07) is 7.65. The van der Waals surface area contributed by atoms with Crippen LogP contribution in [0.25, 0.3) is 11.4 Å². The summed E-state index contributed by atoms with van der Waals surface area (Å²) in [5.41, 5.74) is 2.25. The first-order valence-corrected chi connectivity index (χ1v) is 9.16. The summed E-state index contributed by atoms with van der Waals surface area (Å²) >= 11 is 6.35. The standard InChI is InChI=1S/C19H21ClN4O/c1-12(2)24-11-14-16(19(24)25)21-17(13-7-3-4-8-15(13)20)22-18(14)23-9-5-6-10-23/h3-4,7-8,12H,5-6,9-11H2,1-2H3. The van der Waals surface area contributed by atoms with Crippen LogP contribution in [0.4, 0.5) is 5.82 Å². The highest BCUT2D eigenvalue weighted by Gasteiger charge is 2.36. The Balaban J connectivity index is 1.88. The lowest BCUT2D eigenvalue weighted by Crippen LogP contribution is -2.31. The summed E-state index contributed by atoms with van der Waals surface area (Å²) in [5.74, 6) is 1.42. The molecule has 4 rings (SSSR count). The molecule has 0 atom stereocenters. The second-order valence-corrected chi connectivity index (χ2v) is 7.31. The van der Waals surface area contributed by atoms with E-state index in [4.69, 9.17) is 16.6 Å². The number of nitrogens with zero attached hydrogens (tertiary/aromatic N) is 4. The molecule has 1 amide bonds. The van der Waals surface area contributed by atoms with Crippen molar-refractivity contribution in [2.75, 3.05) is 18.0 Å². The zero-order valence-electron chi connectivity index (χ0n) is 14.5. The normalized spacial score (nSPS) is 16.9. The van der Waals surface area contributed by atoms with Gasteiger partial charge in [-0.25, -0.2) is 9.97 Å². The average molecular weight is 357 g/mol. The van der Waals surface area contributed by atoms with Gasteiger partial charge >= 0.3 is 0 Å². The van der Waals surface area contributed by atoms with Crippen molar-refractivity contribution in [1.29, 1.82) is 0 Å². The second kappa shape index (κ2) is 6.30. The molecule has 1 aromatic heterocycles. The molecule has 25 heavy (non-hydrogen) atoms. The number of hydrogen-bond donors (Lipinski definition) is 0. The summed E-state index contributed by atoms with van der Waals surface area (Å²) in [6.45, 7) is 6.59. The van der Waals surface area contributed by atoms with E-state index in [9.17, 15) is 4.79 Å². The maximum absolute atomic E-state index is 12.9. The van der Waals surface area contributed by atoms with Gasteiger partial charge in [-0.2, -0.15) is 0 Å². The van der Waals surface area contributed by atoms with Gasteiger partial charge in [-0.3, -0.25) is 4.79 Å². The van der Waals surface area contributed by atoms with Crippen LogP contribution in [0.5, 0.6) is 0 Å². The summed E-state index contributed by atoms with van der Waals surface area (Å²) in [5, 5.41) is 0.598. The van der Waals surface area contributed by atoms with Crippen LogP contribution in [0.1, 0.15) is 42.7 Å². The predicted octanol–water partition coefficient (Wildman–Crippen LogP) is 3.76. The molecule has 0 aliphatic carbocycles. The molecule has 130 valence electrons. The van der Waals surface area contributed by atoms with E-state index in [2.05, 4.69) is 9.88 Å². The number of carbonyl (C=O) groups is 1. The van der Waals surface area contributed by atoms with Crippen molar-refractivity contribution in [1.82, 2.24) is 14.9 Å². The van der Waals surface area contributed by atoms with E-state index in [1.54, 1.807) is 0 Å². The minimum absolute atomic E-state index is 0.0128. The fourth-order valence-corrected chi connectivity index (χ4v) is 3.76. The van der Waals surface area contributed by atoms with E-state index in [0.29, 0.717) is 23.1 Å². The molecule has 1 saturated heterocycles. The average Bonchev–Trinajstić information content (AvgIpc) is 3.23. The van der Waals surface area contributed by atoms with E-state index in [1.807, 2.05) is 43.0 Å². The van der Waals surface area contributed by atoms with Crippen molar-refractivity contribution in [3.63, 3.8) is 0 Å². The first-order valence-electron chi connectivity index (χ1n) is 8.78. The quantitative estimate of drug-likeness (QED) is 0.840. The van der Waals surface area contributed by atoms with Crippen molar-refractivity contribution in [3.05, 3.63) is 40.5 Å². The van der Waals surface area contributed by atoms with E-state index in [1.165, 1.54) is 0 Å². The van der Waals surface area contributed by atoms with E-state index >= 15 is 0 Å². The molecule has 2 aromatic rings. The van der Waals surface area contributed by atoms with Crippen molar-refractivity contribution < 1.29 is 4.79 Å². The molecular weight excluding hydrogens is 336 g/mol. The van der Waals surface area contributed by atoms with Crippen LogP contribution in [0.3, 0.4) is 0 Å². The zero-order valence-corrected chi connectivity index (χ0v) is 15.3. The maximum Gasteiger partial charge on any atom is 0.273 e. The Labute approximate surface area is 152 Å². The van der Waals surface area contributed by atoms with Gasteiger partial charge in [-0.15, -0.1) is 0 Å². The summed E-state index contributed by atoms with van der Waals surface area (Å²) in [6.07, 6.45) is 2.31. The lowest BCUT2D eigenvalue weighted by atomic mass is 10.1. The molecule has 1 aromatic carbocycles. The monoisotopic (exact) mass is 356 g/mol. The molecule has 0 N–H and O–H groups in total. The summed E-state index contributed by atoms with van der Waals surface area (Å²) in [7, 11) is 0. The summed E-state index contributed by atoms with van der Waals surface area (Å²) in [4.78, 5) is 26.4. The van der Waals surface area contributed by atoms with Gasteiger partial charge in [0, 0.05) is 30.3 Å². The topological polar surface area (TPSA) is 49.3 Å². The lowest BCUT2D eigenvalue weighted by molar-refractivity contribution is 0.0726. The van der Waals surface area contributed by atoms with E-state index in [0.717, 1.165) is 42.9 Å². The third-order valence-corrected chi connectivity index (χ3v) is 5.25. The number of amides is 1. The maximum atomic E-state index is 12.9. The van der Waals surface area contributed by atoms with Gasteiger partial charge in [-0.1, -0.05) is 23.7 Å². The fourth-order valence-electron chi connectivity index (χ4n) is 3.54. The summed E-state index contributed by atoms with van der Waals surface area (Å²) < 4.78 is 0. The van der Waals surface area contributed by atoms with Crippen LogP contribution in [-0.2, 0) is 6.54 Å². The Morgan fingerprint density at radius 3 is 2.52 bits per heavy atom. The van der Waals surface area contributed by atoms with Gasteiger partial charge in [0.2, 0.25) is 0 Å². The molecule has 0 bridgehead atoms. The molecule has 0 spiro atoms. The molecule has 3 heterocycles. The Kier molecular flexibility index (Phi) is 4.12. The lowest BCUT2D eigenvalue weighted by Gasteiger charge is -2.21. The van der Waals surface area contributed by atoms with Crippen molar-refractivity contribution >= 4 is 23.3 Å². The number of halogens is 1. The molecular formula is C19H21ClN4O. The predicted molar refractivity (Wildman–Crippen MR) is 98.9 cm³/mol. The minimum atomic E-state index is -0.0128. The van der Waals surface area contributed by atoms with E-state index < -0.39 is 0 Å². The van der Waals surface area contributed by atoms with Crippen molar-refractivity contribution in [2.24, 2.45) is 0 Å². The fraction of sp³-hybridized carbons (Fsp3) is 0.421. The Bertz CT molecular complexity index is 830. The van der Waals surface area contributed by atoms with Crippen molar-refractivity contribution in [3.8, 4) is 11.4 Å². The highest BCUT2D eigenvalue weighted by Crippen LogP contribution is 2.35.